The fourth-order valence-electron chi connectivity index (χ4n) is 2.54. The average molecular weight is 256 g/mol. The SMILES string of the molecule is COC(=O)C(CCN1CCC(C)(C)C1)NC(C)C. The molecule has 0 spiro atoms. The highest BCUT2D eigenvalue weighted by molar-refractivity contribution is 5.75. The van der Waals surface area contributed by atoms with Crippen LogP contribution in [0.2, 0.25) is 0 Å². The Morgan fingerprint density at radius 2 is 2.11 bits per heavy atom. The van der Waals surface area contributed by atoms with Crippen molar-refractivity contribution in [1.29, 1.82) is 0 Å². The topological polar surface area (TPSA) is 41.6 Å². The molecule has 1 rings (SSSR count). The second-order valence-corrected chi connectivity index (χ2v) is 6.38. The van der Waals surface area contributed by atoms with Gasteiger partial charge in [-0.15, -0.1) is 0 Å². The van der Waals surface area contributed by atoms with Crippen LogP contribution in [0.1, 0.15) is 40.5 Å². The number of nitrogens with zero attached hydrogens (tertiary/aromatic N) is 1. The van der Waals surface area contributed by atoms with Gasteiger partial charge < -0.3 is 15.0 Å². The average Bonchev–Trinajstić information content (AvgIpc) is 2.62. The second kappa shape index (κ2) is 6.53. The molecule has 0 bridgehead atoms. The summed E-state index contributed by atoms with van der Waals surface area (Å²) in [6, 6.07) is 0.114. The van der Waals surface area contributed by atoms with E-state index >= 15 is 0 Å². The van der Waals surface area contributed by atoms with Crippen LogP contribution in [-0.2, 0) is 9.53 Å². The normalized spacial score (nSPS) is 21.2. The maximum atomic E-state index is 11.7. The molecule has 1 aliphatic heterocycles. The summed E-state index contributed by atoms with van der Waals surface area (Å²) in [6.45, 7) is 11.9. The Balaban J connectivity index is 2.40. The van der Waals surface area contributed by atoms with E-state index in [1.807, 2.05) is 0 Å². The van der Waals surface area contributed by atoms with Gasteiger partial charge in [0.1, 0.15) is 6.04 Å². The number of rotatable bonds is 6. The summed E-state index contributed by atoms with van der Waals surface area (Å²) in [7, 11) is 1.45. The highest BCUT2D eigenvalue weighted by atomic mass is 16.5. The van der Waals surface area contributed by atoms with Gasteiger partial charge in [0.2, 0.25) is 0 Å². The fraction of sp³-hybridized carbons (Fsp3) is 0.929. The van der Waals surface area contributed by atoms with E-state index in [0.29, 0.717) is 11.5 Å². The molecule has 18 heavy (non-hydrogen) atoms. The molecule has 0 aliphatic carbocycles. The Kier molecular flexibility index (Phi) is 5.60. The molecule has 0 saturated carbocycles. The smallest absolute Gasteiger partial charge is 0.322 e. The van der Waals surface area contributed by atoms with Gasteiger partial charge in [0.05, 0.1) is 7.11 Å². The molecule has 1 aliphatic rings. The molecule has 0 aromatic rings. The van der Waals surface area contributed by atoms with E-state index in [2.05, 4.69) is 37.9 Å². The largest absolute Gasteiger partial charge is 0.468 e. The van der Waals surface area contributed by atoms with Crippen LogP contribution in [-0.4, -0.2) is 49.7 Å². The summed E-state index contributed by atoms with van der Waals surface area (Å²) in [5.74, 6) is -0.151. The number of hydrogen-bond donors (Lipinski definition) is 1. The van der Waals surface area contributed by atoms with Crippen molar-refractivity contribution in [2.75, 3.05) is 26.7 Å². The van der Waals surface area contributed by atoms with Crippen molar-refractivity contribution in [1.82, 2.24) is 10.2 Å². The van der Waals surface area contributed by atoms with Gasteiger partial charge in [0, 0.05) is 19.1 Å². The van der Waals surface area contributed by atoms with Crippen LogP contribution in [0, 0.1) is 5.41 Å². The zero-order valence-electron chi connectivity index (χ0n) is 12.5. The molecule has 1 atom stereocenters. The van der Waals surface area contributed by atoms with Crippen LogP contribution in [0.25, 0.3) is 0 Å². The Hall–Kier alpha value is -0.610. The van der Waals surface area contributed by atoms with Gasteiger partial charge in [-0.2, -0.15) is 0 Å². The molecule has 1 unspecified atom stereocenters. The lowest BCUT2D eigenvalue weighted by Crippen LogP contribution is -2.43. The summed E-state index contributed by atoms with van der Waals surface area (Å²) in [5, 5.41) is 3.27. The Labute approximate surface area is 111 Å². The maximum absolute atomic E-state index is 11.7. The molecular formula is C14H28N2O2. The first-order valence-corrected chi connectivity index (χ1v) is 6.90. The molecular weight excluding hydrogens is 228 g/mol. The number of hydrogen-bond acceptors (Lipinski definition) is 4. The van der Waals surface area contributed by atoms with E-state index in [9.17, 15) is 4.79 Å². The van der Waals surface area contributed by atoms with Gasteiger partial charge in [0.15, 0.2) is 0 Å². The molecule has 0 amide bonds. The number of methoxy groups -OCH3 is 1. The lowest BCUT2D eigenvalue weighted by molar-refractivity contribution is -0.143. The second-order valence-electron chi connectivity index (χ2n) is 6.38. The van der Waals surface area contributed by atoms with Crippen LogP contribution in [0.3, 0.4) is 0 Å². The van der Waals surface area contributed by atoms with Crippen LogP contribution in [0.4, 0.5) is 0 Å². The molecule has 0 radical (unpaired) electrons. The predicted octanol–water partition coefficient (Wildman–Crippen LogP) is 1.65. The van der Waals surface area contributed by atoms with Crippen molar-refractivity contribution in [3.63, 3.8) is 0 Å². The highest BCUT2D eigenvalue weighted by Crippen LogP contribution is 2.28. The summed E-state index contributed by atoms with van der Waals surface area (Å²) in [5.41, 5.74) is 0.423. The standard InChI is InChI=1S/C14H28N2O2/c1-11(2)15-12(13(17)18-5)6-8-16-9-7-14(3,4)10-16/h11-12,15H,6-10H2,1-5H3. The molecule has 4 nitrogen and oxygen atoms in total. The number of ether oxygens (including phenoxy) is 1. The molecule has 1 fully saturated rings. The Morgan fingerprint density at radius 3 is 2.56 bits per heavy atom. The van der Waals surface area contributed by atoms with E-state index in [-0.39, 0.29) is 12.0 Å². The third kappa shape index (κ3) is 4.94. The van der Waals surface area contributed by atoms with Gasteiger partial charge in [-0.25, -0.2) is 0 Å². The first-order valence-electron chi connectivity index (χ1n) is 6.90. The monoisotopic (exact) mass is 256 g/mol. The quantitative estimate of drug-likeness (QED) is 0.734. The summed E-state index contributed by atoms with van der Waals surface area (Å²) < 4.78 is 4.85. The third-order valence-corrected chi connectivity index (χ3v) is 3.51. The van der Waals surface area contributed by atoms with E-state index < -0.39 is 0 Å². The van der Waals surface area contributed by atoms with Gasteiger partial charge in [-0.05, 0) is 24.8 Å². The number of esters is 1. The van der Waals surface area contributed by atoms with Gasteiger partial charge in [-0.3, -0.25) is 4.79 Å². The van der Waals surface area contributed by atoms with E-state index in [4.69, 9.17) is 4.74 Å². The van der Waals surface area contributed by atoms with Crippen LogP contribution in [0.5, 0.6) is 0 Å². The minimum atomic E-state index is -0.182. The number of carbonyl (C=O) groups excluding carboxylic acids is 1. The predicted molar refractivity (Wildman–Crippen MR) is 73.5 cm³/mol. The molecule has 1 heterocycles. The van der Waals surface area contributed by atoms with Crippen molar-refractivity contribution >= 4 is 5.97 Å². The first-order chi connectivity index (χ1) is 8.34. The fourth-order valence-corrected chi connectivity index (χ4v) is 2.54. The van der Waals surface area contributed by atoms with Gasteiger partial charge in [0.25, 0.3) is 0 Å². The Bertz CT molecular complexity index is 277. The number of carbonyl (C=O) groups is 1. The van der Waals surface area contributed by atoms with Crippen LogP contribution >= 0.6 is 0 Å². The van der Waals surface area contributed by atoms with Crippen molar-refractivity contribution in [3.05, 3.63) is 0 Å². The third-order valence-electron chi connectivity index (χ3n) is 3.51. The van der Waals surface area contributed by atoms with Crippen molar-refractivity contribution in [2.24, 2.45) is 5.41 Å². The zero-order chi connectivity index (χ0) is 13.8. The van der Waals surface area contributed by atoms with Gasteiger partial charge >= 0.3 is 5.97 Å². The molecule has 1 N–H and O–H groups in total. The van der Waals surface area contributed by atoms with E-state index in [1.54, 1.807) is 0 Å². The van der Waals surface area contributed by atoms with E-state index in [1.165, 1.54) is 13.5 Å². The molecule has 106 valence electrons. The van der Waals surface area contributed by atoms with Crippen molar-refractivity contribution in [2.45, 2.75) is 52.6 Å². The zero-order valence-corrected chi connectivity index (χ0v) is 12.5. The molecule has 0 aromatic carbocycles. The Morgan fingerprint density at radius 1 is 1.44 bits per heavy atom. The highest BCUT2D eigenvalue weighted by Gasteiger charge is 2.30. The maximum Gasteiger partial charge on any atom is 0.322 e. The summed E-state index contributed by atoms with van der Waals surface area (Å²) in [4.78, 5) is 14.1. The summed E-state index contributed by atoms with van der Waals surface area (Å²) >= 11 is 0. The lowest BCUT2D eigenvalue weighted by Gasteiger charge is -2.23. The van der Waals surface area contributed by atoms with Crippen LogP contribution in [0.15, 0.2) is 0 Å². The van der Waals surface area contributed by atoms with Crippen molar-refractivity contribution in [3.8, 4) is 0 Å². The molecule has 0 aromatic heterocycles. The van der Waals surface area contributed by atoms with Crippen molar-refractivity contribution < 1.29 is 9.53 Å². The number of likely N-dealkylation sites (tertiary alicyclic amines) is 1. The van der Waals surface area contributed by atoms with E-state index in [0.717, 1.165) is 26.1 Å². The minimum absolute atomic E-state index is 0.151. The molecule has 1 saturated heterocycles. The lowest BCUT2D eigenvalue weighted by atomic mass is 9.93. The summed E-state index contributed by atoms with van der Waals surface area (Å²) in [6.07, 6.45) is 2.06. The first kappa shape index (κ1) is 15.4. The molecule has 4 heteroatoms. The minimum Gasteiger partial charge on any atom is -0.468 e. The van der Waals surface area contributed by atoms with Crippen LogP contribution < -0.4 is 5.32 Å². The number of nitrogens with one attached hydrogen (secondary N) is 1. The van der Waals surface area contributed by atoms with Gasteiger partial charge in [-0.1, -0.05) is 27.7 Å².